The van der Waals surface area contributed by atoms with Crippen molar-refractivity contribution in [2.24, 2.45) is 0 Å². The van der Waals surface area contributed by atoms with Gasteiger partial charge in [0.1, 0.15) is 0 Å². The zero-order chi connectivity index (χ0) is 14.4. The number of anilines is 2. The smallest absolute Gasteiger partial charge is 0.0942 e. The Kier molecular flexibility index (Phi) is 4.98. The number of nitrogens with two attached hydrogens (primary N) is 1. The summed E-state index contributed by atoms with van der Waals surface area (Å²) in [6, 6.07) is 15.9. The van der Waals surface area contributed by atoms with Crippen molar-refractivity contribution in [3.8, 4) is 0 Å². The summed E-state index contributed by atoms with van der Waals surface area (Å²) in [6.45, 7) is 0.107. The van der Waals surface area contributed by atoms with Gasteiger partial charge in [0.2, 0.25) is 0 Å². The highest BCUT2D eigenvalue weighted by Crippen LogP contribution is 2.14. The molecule has 0 saturated carbocycles. The Labute approximate surface area is 118 Å². The van der Waals surface area contributed by atoms with Crippen LogP contribution in [0.15, 0.2) is 48.5 Å². The molecule has 4 nitrogen and oxygen atoms in total. The van der Waals surface area contributed by atoms with Gasteiger partial charge in [-0.15, -0.1) is 0 Å². The van der Waals surface area contributed by atoms with Crippen LogP contribution in [0.5, 0.6) is 0 Å². The molecule has 106 valence electrons. The topological polar surface area (TPSA) is 78.5 Å². The first kappa shape index (κ1) is 14.4. The molecule has 0 fully saturated rings. The number of aliphatic hydroxyl groups is 2. The summed E-state index contributed by atoms with van der Waals surface area (Å²) < 4.78 is 0. The van der Waals surface area contributed by atoms with E-state index in [2.05, 4.69) is 5.32 Å². The van der Waals surface area contributed by atoms with Crippen molar-refractivity contribution in [1.29, 1.82) is 0 Å². The second kappa shape index (κ2) is 6.93. The highest BCUT2D eigenvalue weighted by atomic mass is 16.3. The molecule has 0 spiro atoms. The van der Waals surface area contributed by atoms with E-state index in [0.29, 0.717) is 6.54 Å². The van der Waals surface area contributed by atoms with Crippen molar-refractivity contribution >= 4 is 11.4 Å². The standard InChI is InChI=1S/C16H20N2O2/c17-14-5-1-12(2-6-14)9-13-3-7-15(8-4-13)18-10-16(20)11-19/h1-8,16,18-20H,9-11,17H2. The Morgan fingerprint density at radius 2 is 1.50 bits per heavy atom. The highest BCUT2D eigenvalue weighted by molar-refractivity contribution is 5.46. The third-order valence-corrected chi connectivity index (χ3v) is 3.09. The molecule has 1 atom stereocenters. The fraction of sp³-hybridized carbons (Fsp3) is 0.250. The molecule has 20 heavy (non-hydrogen) atoms. The monoisotopic (exact) mass is 272 g/mol. The molecule has 1 unspecified atom stereocenters. The van der Waals surface area contributed by atoms with Crippen LogP contribution in [-0.4, -0.2) is 29.5 Å². The molecule has 0 radical (unpaired) electrons. The molecular formula is C16H20N2O2. The number of nitrogen functional groups attached to an aromatic ring is 1. The Hall–Kier alpha value is -2.04. The molecule has 2 rings (SSSR count). The van der Waals surface area contributed by atoms with Crippen molar-refractivity contribution in [2.75, 3.05) is 24.2 Å². The summed E-state index contributed by atoms with van der Waals surface area (Å²) in [5, 5.41) is 21.1. The third kappa shape index (κ3) is 4.26. The second-order valence-electron chi connectivity index (χ2n) is 4.83. The van der Waals surface area contributed by atoms with Gasteiger partial charge in [-0.3, -0.25) is 0 Å². The van der Waals surface area contributed by atoms with Gasteiger partial charge in [-0.05, 0) is 41.8 Å². The molecular weight excluding hydrogens is 252 g/mol. The van der Waals surface area contributed by atoms with E-state index in [1.54, 1.807) is 0 Å². The quantitative estimate of drug-likeness (QED) is 0.603. The van der Waals surface area contributed by atoms with Gasteiger partial charge in [0.25, 0.3) is 0 Å². The van der Waals surface area contributed by atoms with E-state index in [9.17, 15) is 5.11 Å². The lowest BCUT2D eigenvalue weighted by Gasteiger charge is -2.10. The zero-order valence-electron chi connectivity index (χ0n) is 11.3. The van der Waals surface area contributed by atoms with Crippen LogP contribution in [0.2, 0.25) is 0 Å². The van der Waals surface area contributed by atoms with Crippen LogP contribution in [0.3, 0.4) is 0 Å². The van der Waals surface area contributed by atoms with Gasteiger partial charge in [-0.25, -0.2) is 0 Å². The maximum absolute atomic E-state index is 9.27. The second-order valence-corrected chi connectivity index (χ2v) is 4.83. The number of hydrogen-bond donors (Lipinski definition) is 4. The number of rotatable bonds is 6. The normalized spacial score (nSPS) is 12.1. The molecule has 2 aromatic carbocycles. The van der Waals surface area contributed by atoms with Crippen molar-refractivity contribution < 1.29 is 10.2 Å². The molecule has 5 N–H and O–H groups in total. The lowest BCUT2D eigenvalue weighted by atomic mass is 10.0. The summed E-state index contributed by atoms with van der Waals surface area (Å²) in [7, 11) is 0. The van der Waals surface area contributed by atoms with Crippen molar-refractivity contribution in [3.05, 3.63) is 59.7 Å². The Morgan fingerprint density at radius 1 is 0.950 bits per heavy atom. The molecule has 0 aromatic heterocycles. The first-order valence-corrected chi connectivity index (χ1v) is 6.63. The summed E-state index contributed by atoms with van der Waals surface area (Å²) in [6.07, 6.45) is 0.129. The average molecular weight is 272 g/mol. The highest BCUT2D eigenvalue weighted by Gasteiger charge is 2.01. The third-order valence-electron chi connectivity index (χ3n) is 3.09. The summed E-state index contributed by atoms with van der Waals surface area (Å²) in [4.78, 5) is 0. The van der Waals surface area contributed by atoms with Crippen LogP contribution in [-0.2, 0) is 6.42 Å². The van der Waals surface area contributed by atoms with E-state index >= 15 is 0 Å². The van der Waals surface area contributed by atoms with Crippen LogP contribution in [0.1, 0.15) is 11.1 Å². The van der Waals surface area contributed by atoms with Crippen molar-refractivity contribution in [3.63, 3.8) is 0 Å². The van der Waals surface area contributed by atoms with Gasteiger partial charge >= 0.3 is 0 Å². The largest absolute Gasteiger partial charge is 0.399 e. The average Bonchev–Trinajstić information content (AvgIpc) is 2.48. The molecule has 0 aliphatic heterocycles. The van der Waals surface area contributed by atoms with Crippen LogP contribution in [0.4, 0.5) is 11.4 Å². The predicted molar refractivity (Wildman–Crippen MR) is 81.7 cm³/mol. The molecule has 0 bridgehead atoms. The predicted octanol–water partition coefficient (Wildman–Crippen LogP) is 1.62. The Bertz CT molecular complexity index is 523. The van der Waals surface area contributed by atoms with Gasteiger partial charge in [-0.1, -0.05) is 24.3 Å². The minimum absolute atomic E-state index is 0.234. The fourth-order valence-electron chi connectivity index (χ4n) is 1.91. The number of nitrogens with one attached hydrogen (secondary N) is 1. The van der Waals surface area contributed by atoms with E-state index in [0.717, 1.165) is 17.8 Å². The molecule has 0 aliphatic carbocycles. The van der Waals surface area contributed by atoms with Gasteiger partial charge in [0.15, 0.2) is 0 Å². The maximum Gasteiger partial charge on any atom is 0.0942 e. The minimum Gasteiger partial charge on any atom is -0.399 e. The first-order chi connectivity index (χ1) is 9.67. The van der Waals surface area contributed by atoms with Gasteiger partial charge < -0.3 is 21.3 Å². The van der Waals surface area contributed by atoms with Crippen LogP contribution in [0.25, 0.3) is 0 Å². The molecule has 0 heterocycles. The molecule has 0 saturated heterocycles. The van der Waals surface area contributed by atoms with Gasteiger partial charge in [0, 0.05) is 17.9 Å². The van der Waals surface area contributed by atoms with E-state index in [1.165, 1.54) is 11.1 Å². The Morgan fingerprint density at radius 3 is 2.05 bits per heavy atom. The Balaban J connectivity index is 1.92. The van der Waals surface area contributed by atoms with Gasteiger partial charge in [-0.2, -0.15) is 0 Å². The fourth-order valence-corrected chi connectivity index (χ4v) is 1.91. The number of hydrogen-bond acceptors (Lipinski definition) is 4. The van der Waals surface area contributed by atoms with E-state index in [1.807, 2.05) is 48.5 Å². The van der Waals surface area contributed by atoms with E-state index in [-0.39, 0.29) is 6.61 Å². The van der Waals surface area contributed by atoms with Gasteiger partial charge in [0.05, 0.1) is 12.7 Å². The summed E-state index contributed by atoms with van der Waals surface area (Å²) >= 11 is 0. The maximum atomic E-state index is 9.27. The van der Waals surface area contributed by atoms with Crippen LogP contribution in [0, 0.1) is 0 Å². The number of benzene rings is 2. The van der Waals surface area contributed by atoms with Crippen molar-refractivity contribution in [2.45, 2.75) is 12.5 Å². The molecule has 0 amide bonds. The van der Waals surface area contributed by atoms with E-state index in [4.69, 9.17) is 10.8 Å². The SMILES string of the molecule is Nc1ccc(Cc2ccc(NCC(O)CO)cc2)cc1. The first-order valence-electron chi connectivity index (χ1n) is 6.63. The van der Waals surface area contributed by atoms with E-state index < -0.39 is 6.10 Å². The summed E-state index contributed by atoms with van der Waals surface area (Å²) in [5.74, 6) is 0. The number of aliphatic hydroxyl groups excluding tert-OH is 2. The molecule has 2 aromatic rings. The lowest BCUT2D eigenvalue weighted by molar-refractivity contribution is 0.105. The lowest BCUT2D eigenvalue weighted by Crippen LogP contribution is -2.22. The summed E-state index contributed by atoms with van der Waals surface area (Å²) in [5.41, 5.74) is 9.79. The molecule has 4 heteroatoms. The van der Waals surface area contributed by atoms with Crippen LogP contribution < -0.4 is 11.1 Å². The molecule has 0 aliphatic rings. The minimum atomic E-state index is -0.732. The zero-order valence-corrected chi connectivity index (χ0v) is 11.3. The van der Waals surface area contributed by atoms with Crippen LogP contribution >= 0.6 is 0 Å². The van der Waals surface area contributed by atoms with Crippen molar-refractivity contribution in [1.82, 2.24) is 0 Å².